The summed E-state index contributed by atoms with van der Waals surface area (Å²) in [6, 6.07) is 4.87. The van der Waals surface area contributed by atoms with Crippen molar-refractivity contribution >= 4 is 28.2 Å². The lowest BCUT2D eigenvalue weighted by molar-refractivity contribution is 0.0529. The van der Waals surface area contributed by atoms with Gasteiger partial charge in [0.15, 0.2) is 0 Å². The molecule has 0 saturated carbocycles. The minimum absolute atomic E-state index is 0.146. The fourth-order valence-electron chi connectivity index (χ4n) is 1.06. The Morgan fingerprint density at radius 3 is 2.72 bits per heavy atom. The maximum atomic E-state index is 11.3. The van der Waals surface area contributed by atoms with E-state index in [2.05, 4.69) is 26.5 Å². The Bertz CT molecular complexity index is 467. The maximum Gasteiger partial charge on any atom is 0.428 e. The average molecular weight is 315 g/mol. The van der Waals surface area contributed by atoms with Crippen LogP contribution in [0.2, 0.25) is 0 Å². The van der Waals surface area contributed by atoms with Crippen LogP contribution < -0.4 is 5.43 Å². The second kappa shape index (κ2) is 5.86. The number of hydrazone groups is 1. The summed E-state index contributed by atoms with van der Waals surface area (Å²) in [5.41, 5.74) is 2.43. The van der Waals surface area contributed by atoms with Gasteiger partial charge in [-0.15, -0.1) is 0 Å². The number of ether oxygens (including phenoxy) is 1. The first-order valence-corrected chi connectivity index (χ1v) is 6.08. The third-order valence-electron chi connectivity index (χ3n) is 1.74. The molecule has 1 rings (SSSR count). The predicted molar refractivity (Wildman–Crippen MR) is 72.8 cm³/mol. The number of nitrogens with zero attached hydrogens (tertiary/aromatic N) is 1. The molecule has 0 aromatic heterocycles. The third-order valence-corrected chi connectivity index (χ3v) is 2.38. The normalized spacial score (nSPS) is 11.6. The zero-order chi connectivity index (χ0) is 13.8. The number of benzene rings is 1. The summed E-state index contributed by atoms with van der Waals surface area (Å²) in [5, 5.41) is 13.0. The quantitative estimate of drug-likeness (QED) is 0.651. The van der Waals surface area contributed by atoms with E-state index in [4.69, 9.17) is 4.74 Å². The van der Waals surface area contributed by atoms with Gasteiger partial charge >= 0.3 is 6.09 Å². The van der Waals surface area contributed by atoms with Gasteiger partial charge in [0, 0.05) is 0 Å². The van der Waals surface area contributed by atoms with E-state index in [9.17, 15) is 9.90 Å². The Kier molecular flexibility index (Phi) is 4.72. The van der Waals surface area contributed by atoms with Crippen LogP contribution in [0.1, 0.15) is 26.3 Å². The summed E-state index contributed by atoms with van der Waals surface area (Å²) in [5.74, 6) is 0.146. The molecular weight excluding hydrogens is 300 g/mol. The lowest BCUT2D eigenvalue weighted by atomic mass is 10.2. The van der Waals surface area contributed by atoms with Crippen LogP contribution >= 0.6 is 15.9 Å². The zero-order valence-corrected chi connectivity index (χ0v) is 12.0. The molecule has 0 aliphatic heterocycles. The minimum Gasteiger partial charge on any atom is -0.507 e. The first-order valence-electron chi connectivity index (χ1n) is 5.28. The van der Waals surface area contributed by atoms with E-state index >= 15 is 0 Å². The molecule has 1 amide bonds. The predicted octanol–water partition coefficient (Wildman–Crippen LogP) is 3.01. The van der Waals surface area contributed by atoms with Gasteiger partial charge in [-0.25, -0.2) is 10.2 Å². The molecule has 6 heteroatoms. The number of aromatic hydroxyl groups is 1. The highest BCUT2D eigenvalue weighted by atomic mass is 79.9. The van der Waals surface area contributed by atoms with Crippen LogP contribution in [0.25, 0.3) is 0 Å². The molecule has 0 aliphatic rings. The topological polar surface area (TPSA) is 70.9 Å². The number of amides is 1. The average Bonchev–Trinajstić information content (AvgIpc) is 2.20. The van der Waals surface area contributed by atoms with Crippen LogP contribution in [0.5, 0.6) is 5.75 Å². The Morgan fingerprint density at radius 1 is 1.50 bits per heavy atom. The fourth-order valence-corrected chi connectivity index (χ4v) is 1.46. The minimum atomic E-state index is -0.614. The maximum absolute atomic E-state index is 11.3. The third kappa shape index (κ3) is 5.18. The van der Waals surface area contributed by atoms with Gasteiger partial charge in [-0.2, -0.15) is 5.10 Å². The SMILES string of the molecule is CC(C)(C)OC(=O)N/N=C/c1ccc(O)c(Br)c1. The molecule has 0 unspecified atom stereocenters. The Morgan fingerprint density at radius 2 is 2.17 bits per heavy atom. The van der Waals surface area contributed by atoms with Gasteiger partial charge in [0.1, 0.15) is 11.4 Å². The van der Waals surface area contributed by atoms with Crippen molar-refractivity contribution in [1.29, 1.82) is 0 Å². The molecular formula is C12H15BrN2O3. The fraction of sp³-hybridized carbons (Fsp3) is 0.333. The van der Waals surface area contributed by atoms with Crippen molar-refractivity contribution in [3.8, 4) is 5.75 Å². The number of carbonyl (C=O) groups is 1. The van der Waals surface area contributed by atoms with E-state index in [0.717, 1.165) is 5.56 Å². The Labute approximate surface area is 114 Å². The Hall–Kier alpha value is -1.56. The van der Waals surface area contributed by atoms with Gasteiger partial charge < -0.3 is 9.84 Å². The molecule has 98 valence electrons. The lowest BCUT2D eigenvalue weighted by Crippen LogP contribution is -2.29. The number of phenolic OH excluding ortho intramolecular Hbond substituents is 1. The molecule has 0 radical (unpaired) electrons. The standard InChI is InChI=1S/C12H15BrN2O3/c1-12(2,3)18-11(17)15-14-7-8-4-5-10(16)9(13)6-8/h4-7,16H,1-3H3,(H,15,17)/b14-7+. The molecule has 0 heterocycles. The summed E-state index contributed by atoms with van der Waals surface area (Å²) < 4.78 is 5.56. The number of halogens is 1. The summed E-state index contributed by atoms with van der Waals surface area (Å²) >= 11 is 3.18. The van der Waals surface area contributed by atoms with Crippen LogP contribution in [0.3, 0.4) is 0 Å². The van der Waals surface area contributed by atoms with E-state index in [1.807, 2.05) is 0 Å². The van der Waals surface area contributed by atoms with Crippen molar-refractivity contribution in [3.63, 3.8) is 0 Å². The molecule has 0 atom stereocenters. The van der Waals surface area contributed by atoms with Gasteiger partial charge in [0.25, 0.3) is 0 Å². The number of hydrogen-bond donors (Lipinski definition) is 2. The van der Waals surface area contributed by atoms with Crippen LogP contribution in [-0.2, 0) is 4.74 Å². The van der Waals surface area contributed by atoms with Gasteiger partial charge in [0.2, 0.25) is 0 Å². The molecule has 5 nitrogen and oxygen atoms in total. The van der Waals surface area contributed by atoms with E-state index in [1.54, 1.807) is 32.9 Å². The van der Waals surface area contributed by atoms with E-state index in [1.165, 1.54) is 12.3 Å². The Balaban J connectivity index is 2.55. The second-order valence-electron chi connectivity index (χ2n) is 4.58. The number of carbonyl (C=O) groups excluding carboxylic acids is 1. The highest BCUT2D eigenvalue weighted by Crippen LogP contribution is 2.23. The zero-order valence-electron chi connectivity index (χ0n) is 10.4. The van der Waals surface area contributed by atoms with E-state index < -0.39 is 11.7 Å². The first kappa shape index (κ1) is 14.5. The largest absolute Gasteiger partial charge is 0.507 e. The van der Waals surface area contributed by atoms with Crippen LogP contribution in [0, 0.1) is 0 Å². The summed E-state index contributed by atoms with van der Waals surface area (Å²) in [6.07, 6.45) is 0.838. The van der Waals surface area contributed by atoms with Crippen molar-refractivity contribution < 1.29 is 14.6 Å². The molecule has 1 aromatic rings. The number of phenols is 1. The first-order chi connectivity index (χ1) is 8.28. The molecule has 0 bridgehead atoms. The van der Waals surface area contributed by atoms with Crippen molar-refractivity contribution in [2.75, 3.05) is 0 Å². The molecule has 2 N–H and O–H groups in total. The molecule has 0 spiro atoms. The second-order valence-corrected chi connectivity index (χ2v) is 5.44. The number of nitrogens with one attached hydrogen (secondary N) is 1. The van der Waals surface area contributed by atoms with Crippen LogP contribution in [0.15, 0.2) is 27.8 Å². The molecule has 1 aromatic carbocycles. The lowest BCUT2D eigenvalue weighted by Gasteiger charge is -2.18. The molecule has 18 heavy (non-hydrogen) atoms. The van der Waals surface area contributed by atoms with Gasteiger partial charge in [0.05, 0.1) is 10.7 Å². The monoisotopic (exact) mass is 314 g/mol. The molecule has 0 aliphatic carbocycles. The smallest absolute Gasteiger partial charge is 0.428 e. The highest BCUT2D eigenvalue weighted by Gasteiger charge is 2.15. The summed E-state index contributed by atoms with van der Waals surface area (Å²) in [6.45, 7) is 5.31. The molecule has 0 fully saturated rings. The number of rotatable bonds is 2. The van der Waals surface area contributed by atoms with Crippen LogP contribution in [0.4, 0.5) is 4.79 Å². The number of hydrogen-bond acceptors (Lipinski definition) is 4. The van der Waals surface area contributed by atoms with Gasteiger partial charge in [-0.05, 0) is 60.5 Å². The van der Waals surface area contributed by atoms with Gasteiger partial charge in [-0.3, -0.25) is 0 Å². The van der Waals surface area contributed by atoms with E-state index in [0.29, 0.717) is 4.47 Å². The van der Waals surface area contributed by atoms with Crippen molar-refractivity contribution in [2.45, 2.75) is 26.4 Å². The van der Waals surface area contributed by atoms with Gasteiger partial charge in [-0.1, -0.05) is 0 Å². The van der Waals surface area contributed by atoms with Crippen molar-refractivity contribution in [3.05, 3.63) is 28.2 Å². The van der Waals surface area contributed by atoms with Crippen molar-refractivity contribution in [2.24, 2.45) is 5.10 Å². The summed E-state index contributed by atoms with van der Waals surface area (Å²) in [7, 11) is 0. The summed E-state index contributed by atoms with van der Waals surface area (Å²) in [4.78, 5) is 11.3. The van der Waals surface area contributed by atoms with Crippen LogP contribution in [-0.4, -0.2) is 23.0 Å². The van der Waals surface area contributed by atoms with E-state index in [-0.39, 0.29) is 5.75 Å². The molecule has 0 saturated heterocycles. The highest BCUT2D eigenvalue weighted by molar-refractivity contribution is 9.10. The van der Waals surface area contributed by atoms with Crippen molar-refractivity contribution in [1.82, 2.24) is 5.43 Å².